The highest BCUT2D eigenvalue weighted by Crippen LogP contribution is 2.37. The van der Waals surface area contributed by atoms with Crippen molar-refractivity contribution in [2.24, 2.45) is 0 Å². The zero-order chi connectivity index (χ0) is 20.5. The average Bonchev–Trinajstić information content (AvgIpc) is 2.95. The number of nitrogens with zero attached hydrogens (tertiary/aromatic N) is 1. The van der Waals surface area contributed by atoms with E-state index in [1.54, 1.807) is 18.2 Å². The van der Waals surface area contributed by atoms with Gasteiger partial charge in [-0.3, -0.25) is 4.79 Å². The minimum Gasteiger partial charge on any atom is -0.406 e. The summed E-state index contributed by atoms with van der Waals surface area (Å²) in [5.41, 5.74) is 0.566. The molecule has 1 amide bonds. The summed E-state index contributed by atoms with van der Waals surface area (Å²) in [5.74, 6) is -0.943. The Morgan fingerprint density at radius 2 is 1.79 bits per heavy atom. The van der Waals surface area contributed by atoms with Gasteiger partial charge in [-0.1, -0.05) is 40.5 Å². The molecule has 3 aromatic rings. The van der Waals surface area contributed by atoms with Crippen molar-refractivity contribution in [3.63, 3.8) is 0 Å². The lowest BCUT2D eigenvalue weighted by Crippen LogP contribution is -2.17. The van der Waals surface area contributed by atoms with Gasteiger partial charge in [0.25, 0.3) is 5.91 Å². The first-order valence-electron chi connectivity index (χ1n) is 7.73. The van der Waals surface area contributed by atoms with Crippen molar-refractivity contribution in [3.8, 4) is 17.0 Å². The van der Waals surface area contributed by atoms with E-state index in [-0.39, 0.29) is 32.8 Å². The Morgan fingerprint density at radius 1 is 1.14 bits per heavy atom. The maximum Gasteiger partial charge on any atom is 0.573 e. The van der Waals surface area contributed by atoms with Crippen molar-refractivity contribution < 1.29 is 27.2 Å². The number of nitrogens with one attached hydrogen (secondary N) is 1. The van der Waals surface area contributed by atoms with Gasteiger partial charge in [0.15, 0.2) is 0 Å². The van der Waals surface area contributed by atoms with Gasteiger partial charge in [-0.2, -0.15) is 0 Å². The van der Waals surface area contributed by atoms with Crippen molar-refractivity contribution in [2.75, 3.05) is 5.32 Å². The monoisotopic (exact) mass is 430 g/mol. The molecule has 0 saturated heterocycles. The molecule has 1 heterocycles. The predicted octanol–water partition coefficient (Wildman–Crippen LogP) is 6.11. The van der Waals surface area contributed by atoms with Gasteiger partial charge in [0.1, 0.15) is 22.8 Å². The highest BCUT2D eigenvalue weighted by Gasteiger charge is 2.31. The summed E-state index contributed by atoms with van der Waals surface area (Å²) < 4.78 is 46.1. The summed E-state index contributed by atoms with van der Waals surface area (Å²) in [5, 5.41) is 6.87. The molecule has 0 radical (unpaired) electrons. The van der Waals surface area contributed by atoms with E-state index in [0.29, 0.717) is 5.56 Å². The van der Waals surface area contributed by atoms with Crippen molar-refractivity contribution in [2.45, 2.75) is 13.3 Å². The van der Waals surface area contributed by atoms with Crippen LogP contribution in [0.15, 0.2) is 47.0 Å². The van der Waals surface area contributed by atoms with E-state index in [4.69, 9.17) is 27.7 Å². The van der Waals surface area contributed by atoms with Crippen LogP contribution in [0.5, 0.6) is 5.75 Å². The van der Waals surface area contributed by atoms with Crippen LogP contribution in [0.3, 0.4) is 0 Å². The molecule has 0 aliphatic heterocycles. The van der Waals surface area contributed by atoms with Gasteiger partial charge in [0.05, 0.1) is 10.0 Å². The maximum atomic E-state index is 12.7. The van der Waals surface area contributed by atoms with Gasteiger partial charge in [-0.25, -0.2) is 0 Å². The molecule has 0 aliphatic rings. The minimum absolute atomic E-state index is 0.0529. The number of benzene rings is 2. The van der Waals surface area contributed by atoms with E-state index in [0.717, 1.165) is 12.1 Å². The van der Waals surface area contributed by atoms with E-state index >= 15 is 0 Å². The summed E-state index contributed by atoms with van der Waals surface area (Å²) in [4.78, 5) is 12.7. The van der Waals surface area contributed by atoms with Crippen molar-refractivity contribution in [1.82, 2.24) is 5.16 Å². The fraction of sp³-hybridized carbons (Fsp3) is 0.111. The lowest BCUT2D eigenvalue weighted by atomic mass is 10.1. The van der Waals surface area contributed by atoms with Crippen molar-refractivity contribution in [1.29, 1.82) is 0 Å². The number of hydrogen-bond donors (Lipinski definition) is 1. The fourth-order valence-corrected chi connectivity index (χ4v) is 3.08. The zero-order valence-corrected chi connectivity index (χ0v) is 15.6. The molecular weight excluding hydrogens is 420 g/mol. The number of aromatic nitrogens is 1. The molecule has 0 spiro atoms. The number of rotatable bonds is 4. The number of carbonyl (C=O) groups is 1. The van der Waals surface area contributed by atoms with Crippen LogP contribution in [0.1, 0.15) is 16.1 Å². The predicted molar refractivity (Wildman–Crippen MR) is 97.8 cm³/mol. The number of hydrogen-bond acceptors (Lipinski definition) is 4. The van der Waals surface area contributed by atoms with Crippen LogP contribution in [0.4, 0.5) is 18.9 Å². The van der Waals surface area contributed by atoms with Crippen LogP contribution >= 0.6 is 23.2 Å². The molecular formula is C18H11Cl2F3N2O3. The normalized spacial score (nSPS) is 11.4. The number of anilines is 1. The molecule has 2 aromatic carbocycles. The first kappa shape index (κ1) is 20.0. The van der Waals surface area contributed by atoms with Gasteiger partial charge in [-0.05, 0) is 31.2 Å². The molecule has 5 nitrogen and oxygen atoms in total. The van der Waals surface area contributed by atoms with Crippen LogP contribution in [0.2, 0.25) is 10.0 Å². The summed E-state index contributed by atoms with van der Waals surface area (Å²) in [7, 11) is 0. The molecule has 0 bridgehead atoms. The van der Waals surface area contributed by atoms with Gasteiger partial charge in [-0.15, -0.1) is 13.2 Å². The molecule has 0 aliphatic carbocycles. The second-order valence-corrected chi connectivity index (χ2v) is 6.40. The molecule has 3 rings (SSSR count). The van der Waals surface area contributed by atoms with E-state index in [1.165, 1.54) is 19.1 Å². The number of aryl methyl sites for hydroxylation is 1. The Kier molecular flexibility index (Phi) is 5.53. The fourth-order valence-electron chi connectivity index (χ4n) is 2.50. The molecule has 1 aromatic heterocycles. The van der Waals surface area contributed by atoms with Crippen molar-refractivity contribution in [3.05, 3.63) is 63.8 Å². The third-order valence-corrected chi connectivity index (χ3v) is 4.24. The third kappa shape index (κ3) is 4.40. The molecule has 28 heavy (non-hydrogen) atoms. The molecule has 0 saturated carbocycles. The Morgan fingerprint density at radius 3 is 2.43 bits per heavy atom. The summed E-state index contributed by atoms with van der Waals surface area (Å²) >= 11 is 12.3. The Bertz CT molecular complexity index is 1010. The summed E-state index contributed by atoms with van der Waals surface area (Å²) in [6.07, 6.45) is -4.85. The van der Waals surface area contributed by atoms with E-state index in [2.05, 4.69) is 15.2 Å². The van der Waals surface area contributed by atoms with Crippen LogP contribution in [0, 0.1) is 6.92 Å². The smallest absolute Gasteiger partial charge is 0.406 e. The number of amides is 1. The lowest BCUT2D eigenvalue weighted by Gasteiger charge is -2.11. The average molecular weight is 431 g/mol. The topological polar surface area (TPSA) is 64.4 Å². The maximum absolute atomic E-state index is 12.7. The van der Waals surface area contributed by atoms with E-state index in [1.807, 2.05) is 0 Å². The molecule has 0 fully saturated rings. The first-order valence-corrected chi connectivity index (χ1v) is 8.49. The minimum atomic E-state index is -4.85. The van der Waals surface area contributed by atoms with E-state index < -0.39 is 18.0 Å². The number of halogens is 5. The lowest BCUT2D eigenvalue weighted by molar-refractivity contribution is -0.274. The van der Waals surface area contributed by atoms with Gasteiger partial charge in [0.2, 0.25) is 0 Å². The number of ether oxygens (including phenoxy) is 1. The Labute approximate surface area is 167 Å². The third-order valence-electron chi connectivity index (χ3n) is 3.61. The molecule has 0 unspecified atom stereocenters. The molecule has 10 heteroatoms. The quantitative estimate of drug-likeness (QED) is 0.542. The second kappa shape index (κ2) is 7.73. The largest absolute Gasteiger partial charge is 0.573 e. The van der Waals surface area contributed by atoms with Crippen LogP contribution in [-0.2, 0) is 0 Å². The van der Waals surface area contributed by atoms with Gasteiger partial charge >= 0.3 is 6.36 Å². The Balaban J connectivity index is 1.93. The Hall–Kier alpha value is -2.71. The highest BCUT2D eigenvalue weighted by atomic mass is 35.5. The first-order chi connectivity index (χ1) is 13.2. The van der Waals surface area contributed by atoms with E-state index in [9.17, 15) is 18.0 Å². The van der Waals surface area contributed by atoms with Crippen LogP contribution in [-0.4, -0.2) is 17.4 Å². The number of carbonyl (C=O) groups excluding carboxylic acids is 1. The standard InChI is InChI=1S/C18H11Cl2F3N2O3/c1-9-14(16(25-28-9)15-12(19)6-3-7-13(15)20)17(26)24-10-4-2-5-11(8-10)27-18(21,22)23/h2-8H,1H3,(H,24,26). The van der Waals surface area contributed by atoms with Gasteiger partial charge in [0, 0.05) is 17.3 Å². The number of alkyl halides is 3. The SMILES string of the molecule is Cc1onc(-c2c(Cl)cccc2Cl)c1C(=O)Nc1cccc(OC(F)(F)F)c1. The van der Waals surface area contributed by atoms with Crippen LogP contribution in [0.25, 0.3) is 11.3 Å². The second-order valence-electron chi connectivity index (χ2n) is 5.59. The summed E-state index contributed by atoms with van der Waals surface area (Å²) in [6, 6.07) is 9.65. The highest BCUT2D eigenvalue weighted by molar-refractivity contribution is 6.39. The van der Waals surface area contributed by atoms with Crippen LogP contribution < -0.4 is 10.1 Å². The molecule has 146 valence electrons. The summed E-state index contributed by atoms with van der Waals surface area (Å²) in [6.45, 7) is 1.51. The zero-order valence-electron chi connectivity index (χ0n) is 14.1. The molecule has 0 atom stereocenters. The molecule has 1 N–H and O–H groups in total. The van der Waals surface area contributed by atoms with Crippen molar-refractivity contribution >= 4 is 34.8 Å². The van der Waals surface area contributed by atoms with Gasteiger partial charge < -0.3 is 14.6 Å².